The molecule has 1 N–H and O–H groups in total. The van der Waals surface area contributed by atoms with Crippen LogP contribution in [0.5, 0.6) is 0 Å². The zero-order valence-electron chi connectivity index (χ0n) is 13.3. The Balaban J connectivity index is 2.49. The molecule has 0 amide bonds. The Morgan fingerprint density at radius 3 is 2.63 bits per heavy atom. The molecule has 0 bridgehead atoms. The van der Waals surface area contributed by atoms with E-state index in [1.165, 1.54) is 0 Å². The number of hydrogen-bond donors (Lipinski definition) is 1. The van der Waals surface area contributed by atoms with E-state index in [9.17, 15) is 0 Å². The molecule has 19 heavy (non-hydrogen) atoms. The van der Waals surface area contributed by atoms with Crippen LogP contribution in [0.3, 0.4) is 0 Å². The summed E-state index contributed by atoms with van der Waals surface area (Å²) in [4.78, 5) is 0. The van der Waals surface area contributed by atoms with E-state index in [0.29, 0.717) is 12.5 Å². The van der Waals surface area contributed by atoms with E-state index in [4.69, 9.17) is 9.15 Å². The molecule has 0 fully saturated rings. The highest BCUT2D eigenvalue weighted by molar-refractivity contribution is 5.20. The van der Waals surface area contributed by atoms with Gasteiger partial charge in [0.05, 0.1) is 18.8 Å². The number of ether oxygens (including phenoxy) is 1. The van der Waals surface area contributed by atoms with E-state index < -0.39 is 0 Å². The molecule has 3 heteroatoms. The number of aryl methyl sites for hydroxylation is 1. The van der Waals surface area contributed by atoms with Gasteiger partial charge in [-0.15, -0.1) is 0 Å². The van der Waals surface area contributed by atoms with Crippen LogP contribution in [0, 0.1) is 12.8 Å². The van der Waals surface area contributed by atoms with E-state index in [1.54, 1.807) is 0 Å². The Kier molecular flexibility index (Phi) is 6.08. The van der Waals surface area contributed by atoms with Crippen LogP contribution in [-0.2, 0) is 17.9 Å². The van der Waals surface area contributed by atoms with Crippen molar-refractivity contribution in [2.24, 2.45) is 5.92 Å². The fourth-order valence-electron chi connectivity index (χ4n) is 1.68. The van der Waals surface area contributed by atoms with Crippen molar-refractivity contribution in [2.75, 3.05) is 6.54 Å². The molecule has 1 rings (SSSR count). The smallest absolute Gasteiger partial charge is 0.118 e. The van der Waals surface area contributed by atoms with Crippen LogP contribution in [0.15, 0.2) is 10.5 Å². The van der Waals surface area contributed by atoms with Crippen LogP contribution in [0.1, 0.15) is 58.1 Å². The Labute approximate surface area is 117 Å². The predicted octanol–water partition coefficient (Wildman–Crippen LogP) is 4.04. The molecule has 0 saturated heterocycles. The summed E-state index contributed by atoms with van der Waals surface area (Å²) in [6.45, 7) is 15.2. The van der Waals surface area contributed by atoms with Crippen LogP contribution < -0.4 is 5.32 Å². The van der Waals surface area contributed by atoms with E-state index >= 15 is 0 Å². The lowest BCUT2D eigenvalue weighted by Crippen LogP contribution is -2.22. The third kappa shape index (κ3) is 5.79. The van der Waals surface area contributed by atoms with Gasteiger partial charge in [0.1, 0.15) is 11.5 Å². The molecule has 0 radical (unpaired) electrons. The molecule has 1 aromatic heterocycles. The minimum Gasteiger partial charge on any atom is -0.465 e. The van der Waals surface area contributed by atoms with Crippen molar-refractivity contribution in [3.63, 3.8) is 0 Å². The van der Waals surface area contributed by atoms with E-state index in [0.717, 1.165) is 36.6 Å². The second-order valence-corrected chi connectivity index (χ2v) is 6.22. The monoisotopic (exact) mass is 267 g/mol. The maximum absolute atomic E-state index is 5.92. The normalized spacial score (nSPS) is 12.4. The number of nitrogens with one attached hydrogen (secondary N) is 1. The highest BCUT2D eigenvalue weighted by atomic mass is 16.5. The molecule has 0 saturated carbocycles. The van der Waals surface area contributed by atoms with E-state index in [2.05, 4.69) is 46.0 Å². The predicted molar refractivity (Wildman–Crippen MR) is 79.1 cm³/mol. The lowest BCUT2D eigenvalue weighted by atomic mass is 10.1. The second kappa shape index (κ2) is 7.11. The fraction of sp³-hybridized carbons (Fsp3) is 0.750. The highest BCUT2D eigenvalue weighted by Gasteiger charge is 2.17. The van der Waals surface area contributed by atoms with Crippen molar-refractivity contribution >= 4 is 0 Å². The van der Waals surface area contributed by atoms with Gasteiger partial charge in [0.15, 0.2) is 0 Å². The first kappa shape index (κ1) is 16.3. The molecule has 0 aliphatic rings. The molecule has 0 atom stereocenters. The van der Waals surface area contributed by atoms with Crippen LogP contribution in [0.2, 0.25) is 0 Å². The lowest BCUT2D eigenvalue weighted by Gasteiger charge is -2.23. The first-order valence-electron chi connectivity index (χ1n) is 7.27. The molecule has 110 valence electrons. The summed E-state index contributed by atoms with van der Waals surface area (Å²) in [7, 11) is 0. The minimum absolute atomic E-state index is 0.0697. The standard InChI is InChI=1S/C16H29NO2/c1-7-16(5,6)18-11-14-8-15(19-13(14)4)10-17-9-12(2)3/h8,12,17H,7,9-11H2,1-6H3. The van der Waals surface area contributed by atoms with Gasteiger partial charge < -0.3 is 14.5 Å². The van der Waals surface area contributed by atoms with Crippen molar-refractivity contribution in [2.45, 2.75) is 66.7 Å². The minimum atomic E-state index is -0.0697. The molecular weight excluding hydrogens is 238 g/mol. The summed E-state index contributed by atoms with van der Waals surface area (Å²) in [6, 6.07) is 2.11. The first-order valence-corrected chi connectivity index (χ1v) is 7.27. The van der Waals surface area contributed by atoms with Crippen LogP contribution in [0.4, 0.5) is 0 Å². The third-order valence-electron chi connectivity index (χ3n) is 3.39. The molecule has 0 unspecified atom stereocenters. The van der Waals surface area contributed by atoms with Gasteiger partial charge in [-0.05, 0) is 45.7 Å². The average molecular weight is 267 g/mol. The van der Waals surface area contributed by atoms with Gasteiger partial charge in [-0.2, -0.15) is 0 Å². The highest BCUT2D eigenvalue weighted by Crippen LogP contribution is 2.20. The number of rotatable bonds is 8. The van der Waals surface area contributed by atoms with Gasteiger partial charge in [-0.1, -0.05) is 20.8 Å². The maximum Gasteiger partial charge on any atom is 0.118 e. The number of hydrogen-bond acceptors (Lipinski definition) is 3. The molecule has 0 aromatic carbocycles. The second-order valence-electron chi connectivity index (χ2n) is 6.22. The first-order chi connectivity index (χ1) is 8.84. The Morgan fingerprint density at radius 2 is 2.05 bits per heavy atom. The largest absolute Gasteiger partial charge is 0.465 e. The van der Waals surface area contributed by atoms with Gasteiger partial charge in [-0.3, -0.25) is 0 Å². The Morgan fingerprint density at radius 1 is 1.37 bits per heavy atom. The van der Waals surface area contributed by atoms with E-state index in [-0.39, 0.29) is 5.60 Å². The van der Waals surface area contributed by atoms with Crippen molar-refractivity contribution in [1.29, 1.82) is 0 Å². The molecule has 3 nitrogen and oxygen atoms in total. The lowest BCUT2D eigenvalue weighted by molar-refractivity contribution is -0.0320. The topological polar surface area (TPSA) is 34.4 Å². The molecule has 1 heterocycles. The summed E-state index contributed by atoms with van der Waals surface area (Å²) in [5, 5.41) is 3.39. The zero-order chi connectivity index (χ0) is 14.5. The summed E-state index contributed by atoms with van der Waals surface area (Å²) in [6.07, 6.45) is 1.01. The third-order valence-corrected chi connectivity index (χ3v) is 3.39. The number of furan rings is 1. The van der Waals surface area contributed by atoms with Gasteiger partial charge in [0.2, 0.25) is 0 Å². The molecule has 0 spiro atoms. The fourth-order valence-corrected chi connectivity index (χ4v) is 1.68. The van der Waals surface area contributed by atoms with Crippen molar-refractivity contribution < 1.29 is 9.15 Å². The van der Waals surface area contributed by atoms with Gasteiger partial charge in [-0.25, -0.2) is 0 Å². The molecular formula is C16H29NO2. The van der Waals surface area contributed by atoms with Gasteiger partial charge in [0.25, 0.3) is 0 Å². The maximum atomic E-state index is 5.92. The zero-order valence-corrected chi connectivity index (χ0v) is 13.3. The molecule has 0 aliphatic heterocycles. The Hall–Kier alpha value is -0.800. The van der Waals surface area contributed by atoms with Crippen molar-refractivity contribution in [3.05, 3.63) is 23.2 Å². The average Bonchev–Trinajstić information content (AvgIpc) is 2.67. The van der Waals surface area contributed by atoms with Gasteiger partial charge in [0, 0.05) is 5.56 Å². The Bertz CT molecular complexity index is 380. The quantitative estimate of drug-likeness (QED) is 0.772. The van der Waals surface area contributed by atoms with Crippen LogP contribution in [-0.4, -0.2) is 12.1 Å². The summed E-state index contributed by atoms with van der Waals surface area (Å²) in [5.74, 6) is 2.61. The van der Waals surface area contributed by atoms with Crippen LogP contribution in [0.25, 0.3) is 0 Å². The summed E-state index contributed by atoms with van der Waals surface area (Å²) < 4.78 is 11.7. The molecule has 1 aromatic rings. The van der Waals surface area contributed by atoms with E-state index in [1.807, 2.05) is 6.92 Å². The van der Waals surface area contributed by atoms with Gasteiger partial charge >= 0.3 is 0 Å². The molecule has 0 aliphatic carbocycles. The van der Waals surface area contributed by atoms with Crippen LogP contribution >= 0.6 is 0 Å². The SMILES string of the molecule is CCC(C)(C)OCc1cc(CNCC(C)C)oc1C. The summed E-state index contributed by atoms with van der Waals surface area (Å²) >= 11 is 0. The summed E-state index contributed by atoms with van der Waals surface area (Å²) in [5.41, 5.74) is 1.09. The van der Waals surface area contributed by atoms with Crippen molar-refractivity contribution in [3.8, 4) is 0 Å². The van der Waals surface area contributed by atoms with Crippen molar-refractivity contribution in [1.82, 2.24) is 5.32 Å².